The summed E-state index contributed by atoms with van der Waals surface area (Å²) in [6.45, 7) is 3.08. The number of nitrogens with two attached hydrogens (primary N) is 1. The van der Waals surface area contributed by atoms with Crippen molar-refractivity contribution in [3.63, 3.8) is 0 Å². The van der Waals surface area contributed by atoms with Crippen LogP contribution in [0.4, 0.5) is 0 Å². The molecule has 0 bridgehead atoms. The zero-order valence-corrected chi connectivity index (χ0v) is 10.9. The molecule has 0 aromatic carbocycles. The number of carbonyl (C=O) groups is 1. The second kappa shape index (κ2) is 7.09. The summed E-state index contributed by atoms with van der Waals surface area (Å²) in [6.07, 6.45) is 3.94. The molecule has 0 aromatic rings. The Labute approximate surface area is 104 Å². The van der Waals surface area contributed by atoms with Crippen LogP contribution in [0.25, 0.3) is 0 Å². The van der Waals surface area contributed by atoms with Gasteiger partial charge in [0.2, 0.25) is 5.91 Å². The summed E-state index contributed by atoms with van der Waals surface area (Å²) in [5.41, 5.74) is 5.32. The minimum absolute atomic E-state index is 0. The molecule has 0 spiro atoms. The summed E-state index contributed by atoms with van der Waals surface area (Å²) >= 11 is 0. The number of hydrogen-bond acceptors (Lipinski definition) is 3. The van der Waals surface area contributed by atoms with Gasteiger partial charge in [-0.2, -0.15) is 0 Å². The quantitative estimate of drug-likeness (QED) is 0.742. The highest BCUT2D eigenvalue weighted by Crippen LogP contribution is 2.44. The number of carbonyl (C=O) groups excluding carboxylic acids is 1. The lowest BCUT2D eigenvalue weighted by Crippen LogP contribution is -2.50. The molecule has 0 unspecified atom stereocenters. The van der Waals surface area contributed by atoms with E-state index in [-0.39, 0.29) is 29.8 Å². The predicted octanol–water partition coefficient (Wildman–Crippen LogP) is 1.08. The molecule has 0 heterocycles. The molecular weight excluding hydrogens is 228 g/mol. The normalized spacial score (nSPS) is 19.2. The Morgan fingerprint density at radius 3 is 2.56 bits per heavy atom. The second-order valence-electron chi connectivity index (χ2n) is 4.49. The molecule has 1 aliphatic rings. The Balaban J connectivity index is 0.00000225. The second-order valence-corrected chi connectivity index (χ2v) is 4.49. The third-order valence-corrected chi connectivity index (χ3v) is 3.31. The van der Waals surface area contributed by atoms with Gasteiger partial charge in [-0.15, -0.1) is 12.4 Å². The van der Waals surface area contributed by atoms with Crippen LogP contribution in [0.15, 0.2) is 0 Å². The average Bonchev–Trinajstić information content (AvgIpc) is 2.16. The molecule has 1 amide bonds. The molecule has 1 saturated carbocycles. The summed E-state index contributed by atoms with van der Waals surface area (Å²) in [7, 11) is 1.67. The molecule has 0 aromatic heterocycles. The van der Waals surface area contributed by atoms with Crippen LogP contribution in [0.2, 0.25) is 0 Å². The van der Waals surface area contributed by atoms with E-state index in [1.807, 2.05) is 6.92 Å². The van der Waals surface area contributed by atoms with Crippen LogP contribution in [-0.2, 0) is 9.53 Å². The molecule has 0 saturated heterocycles. The monoisotopic (exact) mass is 250 g/mol. The zero-order chi connectivity index (χ0) is 11.3. The molecule has 3 N–H and O–H groups in total. The SMILES string of the molecule is COCCC1(C(=O)N[C@@H](C)CN)CCC1.Cl. The molecular formula is C11H23ClN2O2. The van der Waals surface area contributed by atoms with E-state index >= 15 is 0 Å². The Kier molecular flexibility index (Phi) is 6.95. The first-order chi connectivity index (χ1) is 7.14. The minimum atomic E-state index is -0.167. The van der Waals surface area contributed by atoms with Crippen molar-refractivity contribution in [2.45, 2.75) is 38.6 Å². The third-order valence-electron chi connectivity index (χ3n) is 3.31. The van der Waals surface area contributed by atoms with Crippen LogP contribution in [0.1, 0.15) is 32.6 Å². The minimum Gasteiger partial charge on any atom is -0.385 e. The van der Waals surface area contributed by atoms with Gasteiger partial charge in [0.25, 0.3) is 0 Å². The first kappa shape index (κ1) is 15.7. The van der Waals surface area contributed by atoms with Crippen LogP contribution >= 0.6 is 12.4 Å². The fraction of sp³-hybridized carbons (Fsp3) is 0.909. The molecule has 16 heavy (non-hydrogen) atoms. The predicted molar refractivity (Wildman–Crippen MR) is 66.7 cm³/mol. The largest absolute Gasteiger partial charge is 0.385 e. The van der Waals surface area contributed by atoms with Gasteiger partial charge in [-0.05, 0) is 26.2 Å². The highest BCUT2D eigenvalue weighted by atomic mass is 35.5. The van der Waals surface area contributed by atoms with Crippen molar-refractivity contribution in [2.75, 3.05) is 20.3 Å². The van der Waals surface area contributed by atoms with Crippen molar-refractivity contribution in [3.05, 3.63) is 0 Å². The Hall–Kier alpha value is -0.320. The maximum atomic E-state index is 12.0. The van der Waals surface area contributed by atoms with Gasteiger partial charge in [-0.1, -0.05) is 6.42 Å². The van der Waals surface area contributed by atoms with Gasteiger partial charge in [0.15, 0.2) is 0 Å². The van der Waals surface area contributed by atoms with Crippen molar-refractivity contribution < 1.29 is 9.53 Å². The van der Waals surface area contributed by atoms with Crippen LogP contribution < -0.4 is 11.1 Å². The van der Waals surface area contributed by atoms with E-state index in [0.29, 0.717) is 13.2 Å². The van der Waals surface area contributed by atoms with E-state index in [1.54, 1.807) is 7.11 Å². The number of halogens is 1. The standard InChI is InChI=1S/C11H22N2O2.ClH/c1-9(8-12)13-10(14)11(4-3-5-11)6-7-15-2;/h9H,3-8,12H2,1-2H3,(H,13,14);1H/t9-;/m0./s1. The van der Waals surface area contributed by atoms with Crippen molar-refractivity contribution in [2.24, 2.45) is 11.1 Å². The molecule has 96 valence electrons. The lowest BCUT2D eigenvalue weighted by atomic mass is 9.66. The summed E-state index contributed by atoms with van der Waals surface area (Å²) < 4.78 is 5.05. The molecule has 0 aliphatic heterocycles. The van der Waals surface area contributed by atoms with E-state index in [9.17, 15) is 4.79 Å². The third kappa shape index (κ3) is 3.61. The van der Waals surface area contributed by atoms with Gasteiger partial charge in [0.1, 0.15) is 0 Å². The van der Waals surface area contributed by atoms with Crippen LogP contribution in [0.5, 0.6) is 0 Å². The van der Waals surface area contributed by atoms with Crippen LogP contribution in [0, 0.1) is 5.41 Å². The maximum Gasteiger partial charge on any atom is 0.226 e. The van der Waals surface area contributed by atoms with E-state index in [1.165, 1.54) is 0 Å². The van der Waals surface area contributed by atoms with E-state index < -0.39 is 0 Å². The van der Waals surface area contributed by atoms with Crippen molar-refractivity contribution >= 4 is 18.3 Å². The molecule has 1 fully saturated rings. The Morgan fingerprint density at radius 2 is 2.19 bits per heavy atom. The van der Waals surface area contributed by atoms with E-state index in [4.69, 9.17) is 10.5 Å². The Morgan fingerprint density at radius 1 is 1.56 bits per heavy atom. The van der Waals surface area contributed by atoms with Crippen LogP contribution in [0.3, 0.4) is 0 Å². The van der Waals surface area contributed by atoms with Gasteiger partial charge in [0, 0.05) is 26.3 Å². The number of ether oxygens (including phenoxy) is 1. The smallest absolute Gasteiger partial charge is 0.226 e. The van der Waals surface area contributed by atoms with Crippen molar-refractivity contribution in [3.8, 4) is 0 Å². The maximum absolute atomic E-state index is 12.0. The van der Waals surface area contributed by atoms with E-state index in [0.717, 1.165) is 25.7 Å². The number of rotatable bonds is 6. The lowest BCUT2D eigenvalue weighted by molar-refractivity contribution is -0.138. The summed E-state index contributed by atoms with van der Waals surface area (Å²) in [4.78, 5) is 12.0. The Bertz CT molecular complexity index is 220. The van der Waals surface area contributed by atoms with Gasteiger partial charge in [-0.3, -0.25) is 4.79 Å². The molecule has 5 heteroatoms. The van der Waals surface area contributed by atoms with Gasteiger partial charge in [-0.25, -0.2) is 0 Å². The van der Waals surface area contributed by atoms with Crippen LogP contribution in [-0.4, -0.2) is 32.2 Å². The topological polar surface area (TPSA) is 64.3 Å². The highest BCUT2D eigenvalue weighted by Gasteiger charge is 2.43. The highest BCUT2D eigenvalue weighted by molar-refractivity contribution is 5.85. The van der Waals surface area contributed by atoms with Gasteiger partial charge < -0.3 is 15.8 Å². The number of nitrogens with one attached hydrogen (secondary N) is 1. The zero-order valence-electron chi connectivity index (χ0n) is 10.1. The first-order valence-corrected chi connectivity index (χ1v) is 5.64. The average molecular weight is 251 g/mol. The first-order valence-electron chi connectivity index (χ1n) is 5.64. The molecule has 1 rings (SSSR count). The number of methoxy groups -OCH3 is 1. The van der Waals surface area contributed by atoms with Gasteiger partial charge in [0.05, 0.1) is 5.41 Å². The number of amides is 1. The lowest BCUT2D eigenvalue weighted by Gasteiger charge is -2.40. The summed E-state index contributed by atoms with van der Waals surface area (Å²) in [5, 5.41) is 2.96. The number of hydrogen-bond donors (Lipinski definition) is 2. The van der Waals surface area contributed by atoms with E-state index in [2.05, 4.69) is 5.32 Å². The van der Waals surface area contributed by atoms with Crippen molar-refractivity contribution in [1.29, 1.82) is 0 Å². The molecule has 1 atom stereocenters. The summed E-state index contributed by atoms with van der Waals surface area (Å²) in [5.74, 6) is 0.156. The molecule has 1 aliphatic carbocycles. The molecule has 4 nitrogen and oxygen atoms in total. The fourth-order valence-corrected chi connectivity index (χ4v) is 1.93. The van der Waals surface area contributed by atoms with Crippen molar-refractivity contribution in [1.82, 2.24) is 5.32 Å². The van der Waals surface area contributed by atoms with Gasteiger partial charge >= 0.3 is 0 Å². The molecule has 0 radical (unpaired) electrons. The summed E-state index contributed by atoms with van der Waals surface area (Å²) in [6, 6.07) is 0.0671. The fourth-order valence-electron chi connectivity index (χ4n) is 1.93.